The smallest absolute Gasteiger partial charge is 0.265 e. The largest absolute Gasteiger partial charge is 0.472 e. The highest BCUT2D eigenvalue weighted by Crippen LogP contribution is 2.24. The summed E-state index contributed by atoms with van der Waals surface area (Å²) in [6.07, 6.45) is 0.429. The van der Waals surface area contributed by atoms with Crippen LogP contribution >= 0.6 is 0 Å². The van der Waals surface area contributed by atoms with Gasteiger partial charge in [0.15, 0.2) is 0 Å². The van der Waals surface area contributed by atoms with Crippen LogP contribution < -0.4 is 4.74 Å². The molecule has 0 saturated heterocycles. The van der Waals surface area contributed by atoms with E-state index in [-0.39, 0.29) is 12.2 Å². The number of aromatic nitrogens is 5. The number of alkyl halides is 2. The van der Waals surface area contributed by atoms with Gasteiger partial charge >= 0.3 is 0 Å². The van der Waals surface area contributed by atoms with Crippen LogP contribution in [0.5, 0.6) is 5.88 Å². The Hall–Kier alpha value is -3.56. The van der Waals surface area contributed by atoms with E-state index in [4.69, 9.17) is 4.74 Å². The van der Waals surface area contributed by atoms with Gasteiger partial charge in [-0.3, -0.25) is 9.67 Å². The lowest BCUT2D eigenvalue weighted by Crippen LogP contribution is -2.04. The molecule has 0 radical (unpaired) electrons. The van der Waals surface area contributed by atoms with Gasteiger partial charge in [0.25, 0.3) is 6.43 Å². The first kappa shape index (κ1) is 21.2. The summed E-state index contributed by atoms with van der Waals surface area (Å²) >= 11 is 0. The number of halogens is 2. The number of rotatable bonds is 7. The highest BCUT2D eigenvalue weighted by Gasteiger charge is 2.12. The molecule has 3 aromatic rings. The average molecular weight is 413 g/mol. The van der Waals surface area contributed by atoms with Crippen molar-refractivity contribution in [2.75, 3.05) is 13.7 Å². The van der Waals surface area contributed by atoms with Gasteiger partial charge in [-0.25, -0.2) is 8.78 Å². The number of azo groups is 1. The normalized spacial score (nSPS) is 12.5. The Balaban J connectivity index is 1.75. The first-order valence-electron chi connectivity index (χ1n) is 9.10. The molecule has 8 nitrogen and oxygen atoms in total. The molecule has 0 fully saturated rings. The van der Waals surface area contributed by atoms with E-state index < -0.39 is 6.43 Å². The Morgan fingerprint density at radius 2 is 2.00 bits per heavy atom. The van der Waals surface area contributed by atoms with E-state index in [0.29, 0.717) is 28.5 Å². The Morgan fingerprint density at radius 1 is 1.20 bits per heavy atom. The molecule has 0 unspecified atom stereocenters. The Bertz CT molecular complexity index is 1060. The molecule has 156 valence electrons. The molecule has 0 amide bonds. The second kappa shape index (κ2) is 9.29. The molecule has 30 heavy (non-hydrogen) atoms. The van der Waals surface area contributed by atoms with Crippen molar-refractivity contribution in [2.45, 2.75) is 20.3 Å². The first-order chi connectivity index (χ1) is 14.4. The van der Waals surface area contributed by atoms with E-state index in [2.05, 4.69) is 30.5 Å². The van der Waals surface area contributed by atoms with Gasteiger partial charge in [-0.2, -0.15) is 15.3 Å². The summed E-state index contributed by atoms with van der Waals surface area (Å²) < 4.78 is 32.9. The summed E-state index contributed by atoms with van der Waals surface area (Å²) in [6, 6.07) is 6.33. The molecule has 3 heterocycles. The van der Waals surface area contributed by atoms with Crippen LogP contribution in [-0.4, -0.2) is 38.6 Å². The van der Waals surface area contributed by atoms with Crippen LogP contribution in [0.15, 0.2) is 52.5 Å². The maximum atomic E-state index is 12.7. The van der Waals surface area contributed by atoms with Crippen molar-refractivity contribution in [1.82, 2.24) is 25.0 Å². The molecule has 0 aliphatic rings. The topological polar surface area (TPSA) is 90.4 Å². The summed E-state index contributed by atoms with van der Waals surface area (Å²) in [5.74, 6) is 0.341. The number of pyridine rings is 1. The van der Waals surface area contributed by atoms with Gasteiger partial charge in [0.05, 0.1) is 17.1 Å². The third kappa shape index (κ3) is 4.88. The molecular formula is C20H21F2N7O. The van der Waals surface area contributed by atoms with Crippen molar-refractivity contribution >= 4 is 5.70 Å². The minimum absolute atomic E-state index is 0.153. The molecule has 10 heteroatoms. The second-order valence-corrected chi connectivity index (χ2v) is 6.55. The number of hydrogen-bond acceptors (Lipinski definition) is 7. The van der Waals surface area contributed by atoms with Gasteiger partial charge in [-0.1, -0.05) is 0 Å². The lowest BCUT2D eigenvalue weighted by molar-refractivity contribution is 0.151. The van der Waals surface area contributed by atoms with Crippen LogP contribution in [0.1, 0.15) is 30.3 Å². The predicted molar refractivity (Wildman–Crippen MR) is 107 cm³/mol. The van der Waals surface area contributed by atoms with Crippen molar-refractivity contribution in [3.63, 3.8) is 0 Å². The third-order valence-corrected chi connectivity index (χ3v) is 4.25. The summed E-state index contributed by atoms with van der Waals surface area (Å²) in [6.45, 7) is 3.86. The van der Waals surface area contributed by atoms with Crippen LogP contribution in [0.4, 0.5) is 8.78 Å². The fourth-order valence-corrected chi connectivity index (χ4v) is 2.77. The summed E-state index contributed by atoms with van der Waals surface area (Å²) in [7, 11) is 3.37. The number of nitrogens with zero attached hydrogens (tertiary/aromatic N) is 7. The highest BCUT2D eigenvalue weighted by atomic mass is 19.3. The van der Waals surface area contributed by atoms with Crippen molar-refractivity contribution in [3.8, 4) is 17.1 Å². The molecule has 0 spiro atoms. The molecule has 0 aromatic carbocycles. The molecule has 3 rings (SSSR count). The van der Waals surface area contributed by atoms with Crippen LogP contribution in [0, 0.1) is 6.92 Å². The van der Waals surface area contributed by atoms with Gasteiger partial charge in [-0.15, -0.1) is 10.2 Å². The Morgan fingerprint density at radius 3 is 2.53 bits per heavy atom. The van der Waals surface area contributed by atoms with E-state index >= 15 is 0 Å². The Kier molecular flexibility index (Phi) is 6.55. The van der Waals surface area contributed by atoms with Gasteiger partial charge in [-0.05, 0) is 37.6 Å². The highest BCUT2D eigenvalue weighted by molar-refractivity contribution is 5.64. The minimum Gasteiger partial charge on any atom is -0.472 e. The quantitative estimate of drug-likeness (QED) is 0.535. The molecule has 0 bridgehead atoms. The summed E-state index contributed by atoms with van der Waals surface area (Å²) in [4.78, 5) is 4.07. The van der Waals surface area contributed by atoms with E-state index in [1.807, 2.05) is 26.2 Å². The lowest BCUT2D eigenvalue weighted by atomic mass is 10.1. The van der Waals surface area contributed by atoms with E-state index in [1.54, 1.807) is 17.7 Å². The Labute approximate surface area is 172 Å². The molecule has 0 aliphatic heterocycles. The number of hydrogen-bond donors (Lipinski definition) is 0. The van der Waals surface area contributed by atoms with E-state index in [1.165, 1.54) is 19.2 Å². The zero-order valence-electron chi connectivity index (χ0n) is 17.0. The van der Waals surface area contributed by atoms with Crippen molar-refractivity contribution < 1.29 is 13.5 Å². The zero-order chi connectivity index (χ0) is 21.7. The van der Waals surface area contributed by atoms with Gasteiger partial charge in [0, 0.05) is 43.7 Å². The van der Waals surface area contributed by atoms with Crippen molar-refractivity contribution in [1.29, 1.82) is 0 Å². The molecule has 3 aromatic heterocycles. The lowest BCUT2D eigenvalue weighted by Gasteiger charge is -2.09. The monoisotopic (exact) mass is 413 g/mol. The van der Waals surface area contributed by atoms with Crippen LogP contribution in [0.2, 0.25) is 0 Å². The fraction of sp³-hybridized carbons (Fsp3) is 0.300. The van der Waals surface area contributed by atoms with E-state index in [9.17, 15) is 8.78 Å². The SMILES string of the molecule is CN=N/C(=C(\C)COc1ccc(-c2cn(C)nc2C)nn1)c1ccc(C(F)F)cn1. The fourth-order valence-electron chi connectivity index (χ4n) is 2.77. The van der Waals surface area contributed by atoms with Crippen LogP contribution in [0.25, 0.3) is 17.0 Å². The van der Waals surface area contributed by atoms with Gasteiger partial charge in [0.2, 0.25) is 5.88 Å². The minimum atomic E-state index is -2.58. The van der Waals surface area contributed by atoms with Crippen molar-refractivity contribution in [2.24, 2.45) is 17.3 Å². The molecule has 0 N–H and O–H groups in total. The van der Waals surface area contributed by atoms with Gasteiger partial charge < -0.3 is 4.74 Å². The standard InChI is InChI=1S/C20H21F2N7O/c1-12(19(27-23-3)17-6-5-14(9-24-17)20(21)22)11-30-18-8-7-16(25-26-18)15-10-29(4)28-13(15)2/h5-10,20H,11H2,1-4H3/b19-12+,27-23?. The summed E-state index contributed by atoms with van der Waals surface area (Å²) in [5, 5.41) is 20.5. The zero-order valence-corrected chi connectivity index (χ0v) is 17.0. The molecule has 0 aliphatic carbocycles. The average Bonchev–Trinajstić information content (AvgIpc) is 3.08. The van der Waals surface area contributed by atoms with Crippen LogP contribution in [0.3, 0.4) is 0 Å². The maximum absolute atomic E-state index is 12.7. The number of ether oxygens (including phenoxy) is 1. The molecule has 0 atom stereocenters. The van der Waals surface area contributed by atoms with Gasteiger partial charge in [0.1, 0.15) is 12.3 Å². The van der Waals surface area contributed by atoms with Crippen molar-refractivity contribution in [3.05, 3.63) is 59.2 Å². The maximum Gasteiger partial charge on any atom is 0.265 e. The van der Waals surface area contributed by atoms with E-state index in [0.717, 1.165) is 17.5 Å². The van der Waals surface area contributed by atoms with Crippen LogP contribution in [-0.2, 0) is 7.05 Å². The predicted octanol–water partition coefficient (Wildman–Crippen LogP) is 4.41. The number of aryl methyl sites for hydroxylation is 2. The molecule has 0 saturated carbocycles. The first-order valence-corrected chi connectivity index (χ1v) is 9.10. The molecular weight excluding hydrogens is 392 g/mol. The summed E-state index contributed by atoms with van der Waals surface area (Å²) in [5.41, 5.74) is 3.90. The second-order valence-electron chi connectivity index (χ2n) is 6.55. The third-order valence-electron chi connectivity index (χ3n) is 4.25.